The lowest BCUT2D eigenvalue weighted by molar-refractivity contribution is -0.253. The largest absolute Gasteiger partial charge is 0.463 e. The first-order valence-electron chi connectivity index (χ1n) is 12.0. The molecule has 1 aliphatic rings. The SMILES string of the molecule is CCCCCCCCC/C=C\CCCCCCC(=O)OCC1OC(O)C(O)CC1O. The molecule has 1 fully saturated rings. The molecule has 0 aliphatic carbocycles. The van der Waals surface area contributed by atoms with E-state index in [4.69, 9.17) is 9.47 Å². The topological polar surface area (TPSA) is 96.2 Å². The Hall–Kier alpha value is -0.950. The van der Waals surface area contributed by atoms with Crippen molar-refractivity contribution in [2.24, 2.45) is 0 Å². The number of aliphatic hydroxyl groups is 3. The highest BCUT2D eigenvalue weighted by atomic mass is 16.6. The van der Waals surface area contributed by atoms with Gasteiger partial charge in [-0.15, -0.1) is 0 Å². The van der Waals surface area contributed by atoms with E-state index in [2.05, 4.69) is 19.1 Å². The Morgan fingerprint density at radius 2 is 1.43 bits per heavy atom. The van der Waals surface area contributed by atoms with Crippen LogP contribution in [-0.4, -0.2) is 52.5 Å². The molecular weight excluding hydrogens is 384 g/mol. The third-order valence-electron chi connectivity index (χ3n) is 5.61. The van der Waals surface area contributed by atoms with Crippen LogP contribution in [0.1, 0.15) is 103 Å². The molecule has 0 bridgehead atoms. The minimum Gasteiger partial charge on any atom is -0.463 e. The Balaban J connectivity index is 1.89. The third kappa shape index (κ3) is 13.4. The number of hydrogen-bond donors (Lipinski definition) is 3. The van der Waals surface area contributed by atoms with E-state index in [-0.39, 0.29) is 19.0 Å². The van der Waals surface area contributed by atoms with Crippen molar-refractivity contribution >= 4 is 5.97 Å². The molecule has 1 rings (SSSR count). The van der Waals surface area contributed by atoms with Gasteiger partial charge in [-0.3, -0.25) is 4.79 Å². The predicted octanol–water partition coefficient (Wildman–Crippen LogP) is 4.40. The Kier molecular flexibility index (Phi) is 16.0. The highest BCUT2D eigenvalue weighted by Gasteiger charge is 2.35. The Labute approximate surface area is 182 Å². The number of allylic oxidation sites excluding steroid dienone is 2. The standard InChI is InChI=1S/C24H44O6/c1-2-3-4-5-6-7-8-9-10-11-12-13-14-15-16-17-23(27)29-19-22-20(25)18-21(26)24(28)30-22/h10-11,20-22,24-26,28H,2-9,12-19H2,1H3/b11-10-. The summed E-state index contributed by atoms with van der Waals surface area (Å²) in [7, 11) is 0. The molecule has 0 aromatic rings. The van der Waals surface area contributed by atoms with Gasteiger partial charge in [-0.05, 0) is 32.1 Å². The summed E-state index contributed by atoms with van der Waals surface area (Å²) < 4.78 is 10.2. The van der Waals surface area contributed by atoms with Crippen molar-refractivity contribution in [2.45, 2.75) is 128 Å². The zero-order valence-electron chi connectivity index (χ0n) is 18.8. The summed E-state index contributed by atoms with van der Waals surface area (Å²) in [4.78, 5) is 11.8. The molecule has 1 aliphatic heterocycles. The van der Waals surface area contributed by atoms with Gasteiger partial charge in [-0.2, -0.15) is 0 Å². The Morgan fingerprint density at radius 1 is 0.867 bits per heavy atom. The van der Waals surface area contributed by atoms with Crippen LogP contribution in [0.3, 0.4) is 0 Å². The van der Waals surface area contributed by atoms with Crippen LogP contribution in [0.4, 0.5) is 0 Å². The van der Waals surface area contributed by atoms with Gasteiger partial charge in [-0.1, -0.05) is 70.4 Å². The molecule has 0 radical (unpaired) electrons. The molecule has 4 atom stereocenters. The summed E-state index contributed by atoms with van der Waals surface area (Å²) in [6.07, 6.45) is 16.5. The van der Waals surface area contributed by atoms with Crippen molar-refractivity contribution in [1.29, 1.82) is 0 Å². The minimum atomic E-state index is -1.35. The number of ether oxygens (including phenoxy) is 2. The van der Waals surface area contributed by atoms with E-state index < -0.39 is 24.6 Å². The molecule has 3 N–H and O–H groups in total. The van der Waals surface area contributed by atoms with Crippen LogP contribution in [0.15, 0.2) is 12.2 Å². The fourth-order valence-electron chi connectivity index (χ4n) is 3.61. The van der Waals surface area contributed by atoms with Crippen LogP contribution < -0.4 is 0 Å². The molecule has 6 heteroatoms. The zero-order chi connectivity index (χ0) is 22.0. The van der Waals surface area contributed by atoms with Crippen LogP contribution in [0.2, 0.25) is 0 Å². The van der Waals surface area contributed by atoms with E-state index in [0.29, 0.717) is 6.42 Å². The number of carbonyl (C=O) groups excluding carboxylic acids is 1. The second-order valence-electron chi connectivity index (χ2n) is 8.45. The first-order valence-corrected chi connectivity index (χ1v) is 12.0. The van der Waals surface area contributed by atoms with Crippen LogP contribution in [-0.2, 0) is 14.3 Å². The molecule has 1 heterocycles. The van der Waals surface area contributed by atoms with E-state index in [1.165, 1.54) is 51.4 Å². The normalized spacial score (nSPS) is 24.4. The van der Waals surface area contributed by atoms with Crippen molar-refractivity contribution in [3.05, 3.63) is 12.2 Å². The molecule has 30 heavy (non-hydrogen) atoms. The van der Waals surface area contributed by atoms with Gasteiger partial charge in [0.15, 0.2) is 6.29 Å². The van der Waals surface area contributed by atoms with Gasteiger partial charge in [0, 0.05) is 12.8 Å². The van der Waals surface area contributed by atoms with Crippen molar-refractivity contribution in [3.8, 4) is 0 Å². The maximum atomic E-state index is 11.8. The summed E-state index contributed by atoms with van der Waals surface area (Å²) >= 11 is 0. The predicted molar refractivity (Wildman–Crippen MR) is 118 cm³/mol. The van der Waals surface area contributed by atoms with E-state index in [1.807, 2.05) is 0 Å². The molecule has 0 spiro atoms. The molecule has 4 unspecified atom stereocenters. The van der Waals surface area contributed by atoms with Gasteiger partial charge in [0.2, 0.25) is 0 Å². The van der Waals surface area contributed by atoms with Gasteiger partial charge in [0.1, 0.15) is 18.8 Å². The smallest absolute Gasteiger partial charge is 0.305 e. The van der Waals surface area contributed by atoms with Crippen LogP contribution in [0.5, 0.6) is 0 Å². The summed E-state index contributed by atoms with van der Waals surface area (Å²) in [6, 6.07) is 0. The zero-order valence-corrected chi connectivity index (χ0v) is 18.8. The molecular formula is C24H44O6. The number of rotatable bonds is 17. The molecule has 1 saturated heterocycles. The molecule has 0 aromatic heterocycles. The molecule has 176 valence electrons. The fourth-order valence-corrected chi connectivity index (χ4v) is 3.61. The highest BCUT2D eigenvalue weighted by Crippen LogP contribution is 2.19. The van der Waals surface area contributed by atoms with E-state index >= 15 is 0 Å². The lowest BCUT2D eigenvalue weighted by Crippen LogP contribution is -2.49. The number of esters is 1. The van der Waals surface area contributed by atoms with Crippen molar-refractivity contribution in [1.82, 2.24) is 0 Å². The molecule has 6 nitrogen and oxygen atoms in total. The first-order chi connectivity index (χ1) is 14.5. The van der Waals surface area contributed by atoms with E-state index in [9.17, 15) is 20.1 Å². The van der Waals surface area contributed by atoms with Crippen LogP contribution >= 0.6 is 0 Å². The number of unbranched alkanes of at least 4 members (excludes halogenated alkanes) is 11. The van der Waals surface area contributed by atoms with Crippen LogP contribution in [0, 0.1) is 0 Å². The van der Waals surface area contributed by atoms with E-state index in [0.717, 1.165) is 32.1 Å². The average molecular weight is 429 g/mol. The van der Waals surface area contributed by atoms with Gasteiger partial charge in [-0.25, -0.2) is 0 Å². The minimum absolute atomic E-state index is 0.0108. The van der Waals surface area contributed by atoms with Crippen molar-refractivity contribution in [3.63, 3.8) is 0 Å². The van der Waals surface area contributed by atoms with Gasteiger partial charge in [0.05, 0.1) is 6.10 Å². The maximum Gasteiger partial charge on any atom is 0.305 e. The van der Waals surface area contributed by atoms with E-state index in [1.54, 1.807) is 0 Å². The Bertz CT molecular complexity index is 453. The monoisotopic (exact) mass is 428 g/mol. The van der Waals surface area contributed by atoms with Crippen molar-refractivity contribution in [2.75, 3.05) is 6.61 Å². The summed E-state index contributed by atoms with van der Waals surface area (Å²) in [5.74, 6) is -0.319. The molecule has 0 aromatic carbocycles. The summed E-state index contributed by atoms with van der Waals surface area (Å²) in [5, 5.41) is 28.6. The van der Waals surface area contributed by atoms with Crippen LogP contribution in [0.25, 0.3) is 0 Å². The fraction of sp³-hybridized carbons (Fsp3) is 0.875. The van der Waals surface area contributed by atoms with Crippen molar-refractivity contribution < 1.29 is 29.6 Å². The lowest BCUT2D eigenvalue weighted by Gasteiger charge is -2.34. The second-order valence-corrected chi connectivity index (χ2v) is 8.45. The van der Waals surface area contributed by atoms with Gasteiger partial charge >= 0.3 is 5.97 Å². The second kappa shape index (κ2) is 17.7. The number of hydrogen-bond acceptors (Lipinski definition) is 6. The lowest BCUT2D eigenvalue weighted by atomic mass is 10.0. The molecule has 0 saturated carbocycles. The third-order valence-corrected chi connectivity index (χ3v) is 5.61. The number of aliphatic hydroxyl groups excluding tert-OH is 3. The van der Waals surface area contributed by atoms with Gasteiger partial charge < -0.3 is 24.8 Å². The highest BCUT2D eigenvalue weighted by molar-refractivity contribution is 5.69. The van der Waals surface area contributed by atoms with Gasteiger partial charge in [0.25, 0.3) is 0 Å². The number of carbonyl (C=O) groups is 1. The molecule has 0 amide bonds. The summed E-state index contributed by atoms with van der Waals surface area (Å²) in [6.45, 7) is 2.15. The maximum absolute atomic E-state index is 11.8. The quantitative estimate of drug-likeness (QED) is 0.181. The summed E-state index contributed by atoms with van der Waals surface area (Å²) in [5.41, 5.74) is 0. The average Bonchev–Trinajstić information content (AvgIpc) is 2.72. The Morgan fingerprint density at radius 3 is 2.07 bits per heavy atom. The first kappa shape index (κ1) is 27.1.